The van der Waals surface area contributed by atoms with Crippen molar-refractivity contribution in [3.05, 3.63) is 24.3 Å². The van der Waals surface area contributed by atoms with E-state index in [-0.39, 0.29) is 0 Å². The maximum atomic E-state index is 10.3. The Kier molecular flexibility index (Phi) is 5.26. The highest BCUT2D eigenvalue weighted by Gasteiger charge is 2.29. The van der Waals surface area contributed by atoms with Crippen molar-refractivity contribution >= 4 is 0 Å². The fraction of sp³-hybridized carbons (Fsp3) is 0.625. The molecule has 0 aliphatic carbocycles. The Morgan fingerprint density at radius 2 is 2.10 bits per heavy atom. The molecule has 0 radical (unpaired) electrons. The molecule has 0 bridgehead atoms. The van der Waals surface area contributed by atoms with E-state index in [2.05, 4.69) is 18.7 Å². The van der Waals surface area contributed by atoms with E-state index in [1.165, 1.54) is 0 Å². The molecule has 1 aliphatic rings. The molecular formula is C16H25NO3. The van der Waals surface area contributed by atoms with Crippen molar-refractivity contribution in [1.82, 2.24) is 4.90 Å². The predicted octanol–water partition coefficient (Wildman–Crippen LogP) is 2.17. The molecule has 1 N–H and O–H groups in total. The molecule has 2 rings (SSSR count). The third-order valence-corrected chi connectivity index (χ3v) is 3.99. The molecule has 1 heterocycles. The summed E-state index contributed by atoms with van der Waals surface area (Å²) in [4.78, 5) is 2.40. The minimum absolute atomic E-state index is 0.308. The molecule has 0 aromatic heterocycles. The number of rotatable bonds is 6. The van der Waals surface area contributed by atoms with Gasteiger partial charge in [-0.3, -0.25) is 0 Å². The molecule has 1 aromatic carbocycles. The summed E-state index contributed by atoms with van der Waals surface area (Å²) in [7, 11) is 1.63. The topological polar surface area (TPSA) is 41.9 Å². The number of hydrogen-bond donors (Lipinski definition) is 1. The molecule has 4 nitrogen and oxygen atoms in total. The van der Waals surface area contributed by atoms with E-state index in [0.29, 0.717) is 18.6 Å². The lowest BCUT2D eigenvalue weighted by Gasteiger charge is -2.22. The second-order valence-electron chi connectivity index (χ2n) is 5.69. The SMILES string of the molecule is COc1cccc(OCC(O)C2CCN(C(C)C)C2)c1. The van der Waals surface area contributed by atoms with Crippen LogP contribution in [0.4, 0.5) is 0 Å². The normalized spacial score (nSPS) is 21.1. The first-order valence-corrected chi connectivity index (χ1v) is 7.29. The van der Waals surface area contributed by atoms with Crippen LogP contribution in [0.5, 0.6) is 11.5 Å². The summed E-state index contributed by atoms with van der Waals surface area (Å²) >= 11 is 0. The molecule has 1 fully saturated rings. The number of benzene rings is 1. The first-order chi connectivity index (χ1) is 9.60. The second kappa shape index (κ2) is 6.95. The van der Waals surface area contributed by atoms with Crippen LogP contribution in [0.2, 0.25) is 0 Å². The summed E-state index contributed by atoms with van der Waals surface area (Å²) in [5.74, 6) is 1.81. The number of likely N-dealkylation sites (tertiary alicyclic amines) is 1. The Morgan fingerprint density at radius 1 is 1.35 bits per heavy atom. The molecule has 0 amide bonds. The number of aliphatic hydroxyl groups excluding tert-OH is 1. The minimum Gasteiger partial charge on any atom is -0.497 e. The van der Waals surface area contributed by atoms with E-state index >= 15 is 0 Å². The van der Waals surface area contributed by atoms with Crippen LogP contribution in [0.25, 0.3) is 0 Å². The second-order valence-corrected chi connectivity index (χ2v) is 5.69. The van der Waals surface area contributed by atoms with E-state index in [1.54, 1.807) is 7.11 Å². The van der Waals surface area contributed by atoms with Crippen molar-refractivity contribution < 1.29 is 14.6 Å². The predicted molar refractivity (Wildman–Crippen MR) is 79.3 cm³/mol. The van der Waals surface area contributed by atoms with Gasteiger partial charge < -0.3 is 19.5 Å². The van der Waals surface area contributed by atoms with Crippen LogP contribution < -0.4 is 9.47 Å². The van der Waals surface area contributed by atoms with Gasteiger partial charge >= 0.3 is 0 Å². The molecule has 2 unspecified atom stereocenters. The Morgan fingerprint density at radius 3 is 2.75 bits per heavy atom. The van der Waals surface area contributed by atoms with Crippen molar-refractivity contribution in [2.45, 2.75) is 32.4 Å². The smallest absolute Gasteiger partial charge is 0.123 e. The van der Waals surface area contributed by atoms with Crippen LogP contribution >= 0.6 is 0 Å². The summed E-state index contributed by atoms with van der Waals surface area (Å²) in [6, 6.07) is 8.02. The average molecular weight is 279 g/mol. The zero-order valence-corrected chi connectivity index (χ0v) is 12.6. The van der Waals surface area contributed by atoms with Gasteiger partial charge in [-0.25, -0.2) is 0 Å². The fourth-order valence-electron chi connectivity index (χ4n) is 2.61. The summed E-state index contributed by atoms with van der Waals surface area (Å²) in [5, 5.41) is 10.3. The Balaban J connectivity index is 1.81. The lowest BCUT2D eigenvalue weighted by molar-refractivity contribution is 0.0582. The van der Waals surface area contributed by atoms with Gasteiger partial charge in [-0.05, 0) is 38.9 Å². The summed E-state index contributed by atoms with van der Waals surface area (Å²) < 4.78 is 10.8. The third-order valence-electron chi connectivity index (χ3n) is 3.99. The van der Waals surface area contributed by atoms with Gasteiger partial charge in [0.25, 0.3) is 0 Å². The van der Waals surface area contributed by atoms with Crippen LogP contribution in [-0.4, -0.2) is 49.0 Å². The average Bonchev–Trinajstić information content (AvgIpc) is 2.95. The standard InChI is InChI=1S/C16H25NO3/c1-12(2)17-8-7-13(10-17)16(18)11-20-15-6-4-5-14(9-15)19-3/h4-6,9,12-13,16,18H,7-8,10-11H2,1-3H3. The molecule has 4 heteroatoms. The monoisotopic (exact) mass is 279 g/mol. The van der Waals surface area contributed by atoms with Crippen molar-refractivity contribution in [3.63, 3.8) is 0 Å². The lowest BCUT2D eigenvalue weighted by atomic mass is 10.0. The quantitative estimate of drug-likeness (QED) is 0.866. The highest BCUT2D eigenvalue weighted by atomic mass is 16.5. The molecule has 1 aromatic rings. The first kappa shape index (κ1) is 15.1. The number of nitrogens with zero attached hydrogens (tertiary/aromatic N) is 1. The van der Waals surface area contributed by atoms with Crippen molar-refractivity contribution in [1.29, 1.82) is 0 Å². The number of hydrogen-bond acceptors (Lipinski definition) is 4. The number of methoxy groups -OCH3 is 1. The Hall–Kier alpha value is -1.26. The summed E-state index contributed by atoms with van der Waals surface area (Å²) in [6.45, 7) is 6.76. The fourth-order valence-corrected chi connectivity index (χ4v) is 2.61. The molecule has 20 heavy (non-hydrogen) atoms. The van der Waals surface area contributed by atoms with Crippen LogP contribution in [0, 0.1) is 5.92 Å². The number of ether oxygens (including phenoxy) is 2. The van der Waals surface area contributed by atoms with Gasteiger partial charge in [0.1, 0.15) is 18.1 Å². The number of aliphatic hydroxyl groups is 1. The van der Waals surface area contributed by atoms with Gasteiger partial charge in [-0.1, -0.05) is 6.07 Å². The van der Waals surface area contributed by atoms with Gasteiger partial charge in [0.2, 0.25) is 0 Å². The van der Waals surface area contributed by atoms with Crippen molar-refractivity contribution in [3.8, 4) is 11.5 Å². The zero-order valence-electron chi connectivity index (χ0n) is 12.6. The summed E-state index contributed by atoms with van der Waals surface area (Å²) in [6.07, 6.45) is 0.630. The van der Waals surface area contributed by atoms with E-state index in [4.69, 9.17) is 9.47 Å². The third kappa shape index (κ3) is 3.87. The Labute approximate surface area is 121 Å². The van der Waals surface area contributed by atoms with Crippen LogP contribution in [0.1, 0.15) is 20.3 Å². The van der Waals surface area contributed by atoms with E-state index in [1.807, 2.05) is 24.3 Å². The van der Waals surface area contributed by atoms with Gasteiger partial charge in [0.05, 0.1) is 13.2 Å². The largest absolute Gasteiger partial charge is 0.497 e. The zero-order chi connectivity index (χ0) is 14.5. The lowest BCUT2D eigenvalue weighted by Crippen LogP contribution is -2.33. The Bertz CT molecular complexity index is 422. The van der Waals surface area contributed by atoms with Crippen LogP contribution in [0.3, 0.4) is 0 Å². The van der Waals surface area contributed by atoms with Gasteiger partial charge in [0, 0.05) is 24.6 Å². The highest BCUT2D eigenvalue weighted by molar-refractivity contribution is 5.32. The molecule has 2 atom stereocenters. The molecule has 0 saturated carbocycles. The van der Waals surface area contributed by atoms with E-state index < -0.39 is 6.10 Å². The highest BCUT2D eigenvalue weighted by Crippen LogP contribution is 2.23. The molecule has 112 valence electrons. The minimum atomic E-state index is -0.412. The van der Waals surface area contributed by atoms with E-state index in [0.717, 1.165) is 31.0 Å². The molecule has 1 saturated heterocycles. The summed E-state index contributed by atoms with van der Waals surface area (Å²) in [5.41, 5.74) is 0. The van der Waals surface area contributed by atoms with E-state index in [9.17, 15) is 5.11 Å². The van der Waals surface area contributed by atoms with Gasteiger partial charge in [-0.2, -0.15) is 0 Å². The van der Waals surface area contributed by atoms with Gasteiger partial charge in [0.15, 0.2) is 0 Å². The van der Waals surface area contributed by atoms with Gasteiger partial charge in [-0.15, -0.1) is 0 Å². The maximum Gasteiger partial charge on any atom is 0.123 e. The van der Waals surface area contributed by atoms with Crippen LogP contribution in [-0.2, 0) is 0 Å². The molecule has 0 spiro atoms. The molecule has 1 aliphatic heterocycles. The van der Waals surface area contributed by atoms with Crippen molar-refractivity contribution in [2.24, 2.45) is 5.92 Å². The maximum absolute atomic E-state index is 10.3. The molecular weight excluding hydrogens is 254 g/mol. The van der Waals surface area contributed by atoms with Crippen LogP contribution in [0.15, 0.2) is 24.3 Å². The van der Waals surface area contributed by atoms with Crippen molar-refractivity contribution in [2.75, 3.05) is 26.8 Å². The first-order valence-electron chi connectivity index (χ1n) is 7.29.